The molecule has 2 rings (SSSR count). The highest BCUT2D eigenvalue weighted by molar-refractivity contribution is 7.99. The number of ether oxygens (including phenoxy) is 1. The number of carboxylic acid groups (broad SMARTS) is 1. The first kappa shape index (κ1) is 12.3. The van der Waals surface area contributed by atoms with Gasteiger partial charge in [-0.25, -0.2) is 4.79 Å². The number of methoxy groups -OCH3 is 1. The van der Waals surface area contributed by atoms with Gasteiger partial charge in [-0.2, -0.15) is 0 Å². The summed E-state index contributed by atoms with van der Waals surface area (Å²) in [7, 11) is 1.53. The van der Waals surface area contributed by atoms with E-state index in [-0.39, 0.29) is 5.91 Å². The Labute approximate surface area is 106 Å². The molecule has 7 heteroatoms. The molecule has 1 atom stereocenters. The summed E-state index contributed by atoms with van der Waals surface area (Å²) in [5, 5.41) is 10.7. The minimum atomic E-state index is -0.952. The molecule has 0 bridgehead atoms. The van der Waals surface area contributed by atoms with E-state index in [9.17, 15) is 9.59 Å². The second-order valence-electron chi connectivity index (χ2n) is 3.48. The molecule has 92 valence electrons. The van der Waals surface area contributed by atoms with E-state index in [4.69, 9.17) is 9.84 Å². The molecule has 0 aliphatic carbocycles. The van der Waals surface area contributed by atoms with Gasteiger partial charge in [0.25, 0.3) is 5.91 Å². The van der Waals surface area contributed by atoms with Crippen LogP contribution in [0.4, 0.5) is 0 Å². The number of amides is 1. The number of carboxylic acids is 1. The molecular formula is C10H11NO4S2. The Bertz CT molecular complexity index is 445. The van der Waals surface area contributed by atoms with Gasteiger partial charge < -0.3 is 14.7 Å². The molecule has 0 aromatic carbocycles. The number of rotatable bonds is 3. The molecule has 1 fully saturated rings. The van der Waals surface area contributed by atoms with Crippen LogP contribution in [0.2, 0.25) is 0 Å². The maximum Gasteiger partial charge on any atom is 0.327 e. The Kier molecular flexibility index (Phi) is 3.58. The summed E-state index contributed by atoms with van der Waals surface area (Å²) >= 11 is 2.72. The van der Waals surface area contributed by atoms with Gasteiger partial charge in [-0.05, 0) is 0 Å². The Balaban J connectivity index is 2.16. The zero-order valence-corrected chi connectivity index (χ0v) is 10.7. The van der Waals surface area contributed by atoms with Gasteiger partial charge in [-0.1, -0.05) is 0 Å². The minimum Gasteiger partial charge on any atom is -0.496 e. The Morgan fingerprint density at radius 2 is 2.35 bits per heavy atom. The first-order valence-electron chi connectivity index (χ1n) is 4.87. The van der Waals surface area contributed by atoms with Crippen molar-refractivity contribution in [3.8, 4) is 5.75 Å². The van der Waals surface area contributed by atoms with Crippen LogP contribution in [0.15, 0.2) is 11.4 Å². The fourth-order valence-electron chi connectivity index (χ4n) is 1.53. The van der Waals surface area contributed by atoms with Gasteiger partial charge >= 0.3 is 5.97 Å². The van der Waals surface area contributed by atoms with Crippen LogP contribution in [0.3, 0.4) is 0 Å². The van der Waals surface area contributed by atoms with E-state index in [0.29, 0.717) is 22.3 Å². The van der Waals surface area contributed by atoms with Gasteiger partial charge in [0.2, 0.25) is 0 Å². The van der Waals surface area contributed by atoms with Crippen LogP contribution in [0, 0.1) is 0 Å². The largest absolute Gasteiger partial charge is 0.496 e. The Morgan fingerprint density at radius 1 is 1.59 bits per heavy atom. The summed E-state index contributed by atoms with van der Waals surface area (Å²) < 4.78 is 5.00. The molecule has 1 aliphatic rings. The third kappa shape index (κ3) is 2.39. The van der Waals surface area contributed by atoms with E-state index in [2.05, 4.69) is 0 Å². The number of nitrogens with zero attached hydrogens (tertiary/aromatic N) is 1. The average Bonchev–Trinajstić information content (AvgIpc) is 2.97. The smallest absolute Gasteiger partial charge is 0.327 e. The third-order valence-electron chi connectivity index (χ3n) is 2.45. The van der Waals surface area contributed by atoms with Crippen molar-refractivity contribution in [3.63, 3.8) is 0 Å². The Morgan fingerprint density at radius 3 is 2.94 bits per heavy atom. The van der Waals surface area contributed by atoms with Crippen LogP contribution in [0.5, 0.6) is 5.75 Å². The van der Waals surface area contributed by atoms with Crippen LogP contribution in [-0.4, -0.2) is 46.7 Å². The summed E-state index contributed by atoms with van der Waals surface area (Å²) in [5.41, 5.74) is 0. The van der Waals surface area contributed by atoms with Gasteiger partial charge in [0, 0.05) is 17.2 Å². The predicted octanol–water partition coefficient (Wildman–Crippen LogP) is 1.36. The number of thiophene rings is 1. The van der Waals surface area contributed by atoms with E-state index in [0.717, 1.165) is 0 Å². The van der Waals surface area contributed by atoms with Crippen LogP contribution < -0.4 is 4.74 Å². The van der Waals surface area contributed by atoms with Crippen molar-refractivity contribution in [2.75, 3.05) is 18.7 Å². The summed E-state index contributed by atoms with van der Waals surface area (Å²) in [4.78, 5) is 25.0. The summed E-state index contributed by atoms with van der Waals surface area (Å²) in [6.45, 7) is 0. The highest BCUT2D eigenvalue weighted by Crippen LogP contribution is 2.27. The molecule has 1 aliphatic heterocycles. The second kappa shape index (κ2) is 4.97. The SMILES string of the molecule is COc1csc(C(=O)N2CSCC2C(=O)O)c1. The third-order valence-corrected chi connectivity index (χ3v) is 4.36. The first-order chi connectivity index (χ1) is 8.13. The maximum atomic E-state index is 12.1. The Hall–Kier alpha value is -1.21. The lowest BCUT2D eigenvalue weighted by molar-refractivity contribution is -0.140. The van der Waals surface area contributed by atoms with E-state index >= 15 is 0 Å². The zero-order chi connectivity index (χ0) is 12.4. The lowest BCUT2D eigenvalue weighted by atomic mass is 10.3. The monoisotopic (exact) mass is 273 g/mol. The van der Waals surface area contributed by atoms with Gasteiger partial charge in [0.1, 0.15) is 11.8 Å². The van der Waals surface area contributed by atoms with Crippen molar-refractivity contribution in [3.05, 3.63) is 16.3 Å². The van der Waals surface area contributed by atoms with Crippen molar-refractivity contribution in [1.29, 1.82) is 0 Å². The molecule has 2 heterocycles. The standard InChI is InChI=1S/C10H11NO4S2/c1-15-6-2-8(17-3-6)9(12)11-5-16-4-7(11)10(13)14/h2-3,7H,4-5H2,1H3,(H,13,14). The summed E-state index contributed by atoms with van der Waals surface area (Å²) in [6, 6.07) is 0.912. The van der Waals surface area contributed by atoms with Crippen LogP contribution in [0.1, 0.15) is 9.67 Å². The highest BCUT2D eigenvalue weighted by atomic mass is 32.2. The van der Waals surface area contributed by atoms with Gasteiger partial charge in [0.05, 0.1) is 17.9 Å². The van der Waals surface area contributed by atoms with Crippen molar-refractivity contribution in [1.82, 2.24) is 4.90 Å². The first-order valence-corrected chi connectivity index (χ1v) is 6.91. The van der Waals surface area contributed by atoms with Crippen molar-refractivity contribution < 1.29 is 19.4 Å². The summed E-state index contributed by atoms with van der Waals surface area (Å²) in [5.74, 6) is 0.305. The number of hydrogen-bond acceptors (Lipinski definition) is 5. The molecule has 5 nitrogen and oxygen atoms in total. The molecule has 0 saturated carbocycles. The van der Waals surface area contributed by atoms with E-state index < -0.39 is 12.0 Å². The van der Waals surface area contributed by atoms with Crippen LogP contribution in [0.25, 0.3) is 0 Å². The van der Waals surface area contributed by atoms with Gasteiger partial charge in [0.15, 0.2) is 0 Å². The number of thioether (sulfide) groups is 1. The maximum absolute atomic E-state index is 12.1. The molecular weight excluding hydrogens is 262 g/mol. The van der Waals surface area contributed by atoms with Crippen molar-refractivity contribution in [2.24, 2.45) is 0 Å². The predicted molar refractivity (Wildman–Crippen MR) is 65.8 cm³/mol. The number of hydrogen-bond donors (Lipinski definition) is 1. The molecule has 17 heavy (non-hydrogen) atoms. The van der Waals surface area contributed by atoms with E-state index in [1.165, 1.54) is 35.1 Å². The zero-order valence-electron chi connectivity index (χ0n) is 9.08. The molecule has 1 aromatic heterocycles. The van der Waals surface area contributed by atoms with E-state index in [1.54, 1.807) is 11.4 Å². The lowest BCUT2D eigenvalue weighted by Gasteiger charge is -2.19. The highest BCUT2D eigenvalue weighted by Gasteiger charge is 2.35. The fourth-order valence-corrected chi connectivity index (χ4v) is 3.48. The van der Waals surface area contributed by atoms with Gasteiger partial charge in [-0.3, -0.25) is 4.79 Å². The molecule has 1 saturated heterocycles. The molecule has 0 radical (unpaired) electrons. The van der Waals surface area contributed by atoms with Crippen LogP contribution >= 0.6 is 23.1 Å². The summed E-state index contributed by atoms with van der Waals surface area (Å²) in [6.07, 6.45) is 0. The fraction of sp³-hybridized carbons (Fsp3) is 0.400. The molecule has 1 N–H and O–H groups in total. The quantitative estimate of drug-likeness (QED) is 0.900. The molecule has 1 unspecified atom stereocenters. The molecule has 1 amide bonds. The van der Waals surface area contributed by atoms with E-state index in [1.807, 2.05) is 0 Å². The lowest BCUT2D eigenvalue weighted by Crippen LogP contribution is -2.41. The van der Waals surface area contributed by atoms with Crippen LogP contribution in [-0.2, 0) is 4.79 Å². The number of carbonyl (C=O) groups excluding carboxylic acids is 1. The number of aliphatic carboxylic acids is 1. The van der Waals surface area contributed by atoms with Gasteiger partial charge in [-0.15, -0.1) is 23.1 Å². The number of carbonyl (C=O) groups is 2. The topological polar surface area (TPSA) is 66.8 Å². The normalized spacial score (nSPS) is 19.4. The molecule has 1 aromatic rings. The van der Waals surface area contributed by atoms with Crippen molar-refractivity contribution in [2.45, 2.75) is 6.04 Å². The second-order valence-corrected chi connectivity index (χ2v) is 5.39. The average molecular weight is 273 g/mol. The minimum absolute atomic E-state index is 0.240. The molecule has 0 spiro atoms. The van der Waals surface area contributed by atoms with Crippen molar-refractivity contribution >= 4 is 35.0 Å².